The molecule has 1 unspecified atom stereocenters. The van der Waals surface area contributed by atoms with Crippen molar-refractivity contribution >= 4 is 7.37 Å². The first-order chi connectivity index (χ1) is 5.98. The van der Waals surface area contributed by atoms with Crippen molar-refractivity contribution < 1.29 is 9.09 Å². The third kappa shape index (κ3) is 8.52. The molecule has 0 bridgehead atoms. The minimum atomic E-state index is -2.28. The number of hydrogen-bond donors (Lipinski definition) is 0. The predicted octanol–water partition coefficient (Wildman–Crippen LogP) is 3.76. The van der Waals surface area contributed by atoms with Gasteiger partial charge >= 0.3 is 0 Å². The highest BCUT2D eigenvalue weighted by Crippen LogP contribution is 2.43. The van der Waals surface area contributed by atoms with Crippen molar-refractivity contribution in [1.29, 1.82) is 0 Å². The molecule has 0 aliphatic rings. The fourth-order valence-corrected chi connectivity index (χ4v) is 2.59. The zero-order valence-electron chi connectivity index (χ0n) is 9.38. The Kier molecular flexibility index (Phi) is 6.71. The zero-order chi connectivity index (χ0) is 10.3. The molecule has 0 spiro atoms. The molecule has 0 aromatic rings. The number of rotatable bonds is 7. The molecule has 0 saturated carbocycles. The van der Waals surface area contributed by atoms with Gasteiger partial charge in [0, 0.05) is 12.8 Å². The highest BCUT2D eigenvalue weighted by molar-refractivity contribution is 7.58. The summed E-state index contributed by atoms with van der Waals surface area (Å²) >= 11 is 0. The van der Waals surface area contributed by atoms with E-state index in [1.165, 1.54) is 0 Å². The van der Waals surface area contributed by atoms with Crippen LogP contribution in [0.15, 0.2) is 0 Å². The van der Waals surface area contributed by atoms with E-state index in [0.717, 1.165) is 25.4 Å². The van der Waals surface area contributed by atoms with Gasteiger partial charge in [-0.2, -0.15) is 0 Å². The van der Waals surface area contributed by atoms with Crippen molar-refractivity contribution in [3.63, 3.8) is 0 Å². The molecule has 2 nitrogen and oxygen atoms in total. The first-order valence-corrected chi connectivity index (χ1v) is 7.44. The average Bonchev–Trinajstić information content (AvgIpc) is 2.02. The summed E-state index contributed by atoms with van der Waals surface area (Å²) < 4.78 is 17.1. The van der Waals surface area contributed by atoms with Crippen LogP contribution in [-0.4, -0.2) is 19.4 Å². The largest absolute Gasteiger partial charge is 0.329 e. The fourth-order valence-electron chi connectivity index (χ4n) is 0.959. The molecule has 0 fully saturated rings. The summed E-state index contributed by atoms with van der Waals surface area (Å²) in [4.78, 5) is 0. The standard InChI is InChI=1S/C10H23O2P/c1-5-6-8-12-13(4,11)9-7-10(2)3/h10H,5-9H2,1-4H3. The summed E-state index contributed by atoms with van der Waals surface area (Å²) in [6.07, 6.45) is 3.85. The monoisotopic (exact) mass is 206 g/mol. The van der Waals surface area contributed by atoms with Gasteiger partial charge < -0.3 is 4.52 Å². The molecule has 0 rings (SSSR count). The van der Waals surface area contributed by atoms with Crippen LogP contribution < -0.4 is 0 Å². The molecule has 0 aromatic heterocycles. The molecular weight excluding hydrogens is 183 g/mol. The van der Waals surface area contributed by atoms with Crippen molar-refractivity contribution in [3.05, 3.63) is 0 Å². The van der Waals surface area contributed by atoms with E-state index in [-0.39, 0.29) is 0 Å². The van der Waals surface area contributed by atoms with Gasteiger partial charge in [-0.25, -0.2) is 0 Å². The molecule has 0 radical (unpaired) electrons. The highest BCUT2D eigenvalue weighted by Gasteiger charge is 2.15. The van der Waals surface area contributed by atoms with E-state index in [9.17, 15) is 4.57 Å². The lowest BCUT2D eigenvalue weighted by atomic mass is 10.2. The molecule has 13 heavy (non-hydrogen) atoms. The van der Waals surface area contributed by atoms with E-state index < -0.39 is 7.37 Å². The van der Waals surface area contributed by atoms with Gasteiger partial charge in [-0.05, 0) is 18.8 Å². The van der Waals surface area contributed by atoms with Gasteiger partial charge in [0.2, 0.25) is 0 Å². The molecule has 80 valence electrons. The van der Waals surface area contributed by atoms with Crippen molar-refractivity contribution in [2.24, 2.45) is 5.92 Å². The van der Waals surface area contributed by atoms with E-state index in [4.69, 9.17) is 4.52 Å². The first-order valence-electron chi connectivity index (χ1n) is 5.19. The van der Waals surface area contributed by atoms with Gasteiger partial charge in [0.05, 0.1) is 6.61 Å². The highest BCUT2D eigenvalue weighted by atomic mass is 31.2. The summed E-state index contributed by atoms with van der Waals surface area (Å²) in [5, 5.41) is 0. The van der Waals surface area contributed by atoms with Crippen LogP contribution in [0.25, 0.3) is 0 Å². The van der Waals surface area contributed by atoms with E-state index >= 15 is 0 Å². The maximum atomic E-state index is 11.8. The summed E-state index contributed by atoms with van der Waals surface area (Å²) in [5.41, 5.74) is 0. The number of unbranched alkanes of at least 4 members (excludes halogenated alkanes) is 1. The first kappa shape index (κ1) is 13.2. The van der Waals surface area contributed by atoms with Gasteiger partial charge in [-0.1, -0.05) is 27.2 Å². The molecule has 0 heterocycles. The topological polar surface area (TPSA) is 26.3 Å². The molecule has 0 amide bonds. The second kappa shape index (κ2) is 6.62. The lowest BCUT2D eigenvalue weighted by Gasteiger charge is -2.14. The molecule has 0 aliphatic carbocycles. The fraction of sp³-hybridized carbons (Fsp3) is 1.00. The van der Waals surface area contributed by atoms with Crippen molar-refractivity contribution in [2.75, 3.05) is 19.4 Å². The van der Waals surface area contributed by atoms with Crippen LogP contribution >= 0.6 is 7.37 Å². The van der Waals surface area contributed by atoms with Crippen LogP contribution in [0.4, 0.5) is 0 Å². The van der Waals surface area contributed by atoms with Crippen LogP contribution in [-0.2, 0) is 9.09 Å². The van der Waals surface area contributed by atoms with Crippen LogP contribution in [0.3, 0.4) is 0 Å². The Labute approximate surface area is 82.5 Å². The average molecular weight is 206 g/mol. The quantitative estimate of drug-likeness (QED) is 0.468. The Bertz CT molecular complexity index is 166. The van der Waals surface area contributed by atoms with Crippen molar-refractivity contribution in [1.82, 2.24) is 0 Å². The van der Waals surface area contributed by atoms with E-state index in [1.54, 1.807) is 6.66 Å². The van der Waals surface area contributed by atoms with E-state index in [0.29, 0.717) is 12.5 Å². The summed E-state index contributed by atoms with van der Waals surface area (Å²) in [6, 6.07) is 0. The van der Waals surface area contributed by atoms with E-state index in [2.05, 4.69) is 20.8 Å². The van der Waals surface area contributed by atoms with Crippen LogP contribution in [0.2, 0.25) is 0 Å². The molecule has 0 N–H and O–H groups in total. The minimum absolute atomic E-state index is 0.614. The maximum Gasteiger partial charge on any atom is 0.200 e. The van der Waals surface area contributed by atoms with Crippen molar-refractivity contribution in [2.45, 2.75) is 40.0 Å². The summed E-state index contributed by atoms with van der Waals surface area (Å²) in [6.45, 7) is 8.81. The van der Waals surface area contributed by atoms with Gasteiger partial charge in [0.15, 0.2) is 7.37 Å². The summed E-state index contributed by atoms with van der Waals surface area (Å²) in [5.74, 6) is 0.614. The van der Waals surface area contributed by atoms with Crippen LogP contribution in [0, 0.1) is 5.92 Å². The van der Waals surface area contributed by atoms with Gasteiger partial charge in [-0.15, -0.1) is 0 Å². The SMILES string of the molecule is CCCCOP(C)(=O)CCC(C)C. The Balaban J connectivity index is 3.61. The Morgan fingerprint density at radius 1 is 1.38 bits per heavy atom. The molecule has 3 heteroatoms. The molecule has 0 aliphatic heterocycles. The van der Waals surface area contributed by atoms with Gasteiger partial charge in [-0.3, -0.25) is 4.57 Å². The molecular formula is C10H23O2P. The van der Waals surface area contributed by atoms with Crippen molar-refractivity contribution in [3.8, 4) is 0 Å². The van der Waals surface area contributed by atoms with Gasteiger partial charge in [0.25, 0.3) is 0 Å². The molecule has 0 saturated heterocycles. The Morgan fingerprint density at radius 2 is 2.00 bits per heavy atom. The predicted molar refractivity (Wildman–Crippen MR) is 58.7 cm³/mol. The smallest absolute Gasteiger partial charge is 0.200 e. The Morgan fingerprint density at radius 3 is 2.46 bits per heavy atom. The third-order valence-corrected chi connectivity index (χ3v) is 3.77. The Hall–Kier alpha value is 0.190. The van der Waals surface area contributed by atoms with Gasteiger partial charge in [0.1, 0.15) is 0 Å². The summed E-state index contributed by atoms with van der Waals surface area (Å²) in [7, 11) is -2.28. The third-order valence-electron chi connectivity index (χ3n) is 1.97. The van der Waals surface area contributed by atoms with Crippen LogP contribution in [0.1, 0.15) is 40.0 Å². The number of hydrogen-bond acceptors (Lipinski definition) is 2. The minimum Gasteiger partial charge on any atom is -0.329 e. The normalized spacial score (nSPS) is 16.1. The second-order valence-electron chi connectivity index (χ2n) is 4.11. The zero-order valence-corrected chi connectivity index (χ0v) is 10.3. The molecule has 1 atom stereocenters. The maximum absolute atomic E-state index is 11.8. The lowest BCUT2D eigenvalue weighted by molar-refractivity contribution is 0.307. The molecule has 0 aromatic carbocycles. The van der Waals surface area contributed by atoms with Crippen LogP contribution in [0.5, 0.6) is 0 Å². The van der Waals surface area contributed by atoms with E-state index in [1.807, 2.05) is 0 Å². The lowest BCUT2D eigenvalue weighted by Crippen LogP contribution is -1.99. The second-order valence-corrected chi connectivity index (χ2v) is 6.84.